The highest BCUT2D eigenvalue weighted by Crippen LogP contribution is 2.26. The molecule has 0 bridgehead atoms. The lowest BCUT2D eigenvalue weighted by atomic mass is 9.93. The molecule has 106 valence electrons. The highest BCUT2D eigenvalue weighted by molar-refractivity contribution is 14.1. The molecule has 0 aliphatic rings. The Morgan fingerprint density at radius 2 is 1.80 bits per heavy atom. The first-order chi connectivity index (χ1) is 9.52. The zero-order valence-corrected chi connectivity index (χ0v) is 14.2. The van der Waals surface area contributed by atoms with E-state index in [1.165, 1.54) is 22.8 Å². The maximum atomic E-state index is 13.2. The first kappa shape index (κ1) is 15.4. The van der Waals surface area contributed by atoms with Crippen LogP contribution < -0.4 is 5.32 Å². The van der Waals surface area contributed by atoms with Crippen LogP contribution in [0.4, 0.5) is 4.39 Å². The Morgan fingerprint density at radius 3 is 2.35 bits per heavy atom. The van der Waals surface area contributed by atoms with E-state index in [4.69, 9.17) is 0 Å². The quantitative estimate of drug-likeness (QED) is 0.764. The standard InChI is InChI=1S/C17H19FIN/c1-11-5-4-6-12(2)15(11)10-17(20-3)14-8-7-13(18)9-16(14)19/h4-9,17,20H,10H2,1-3H3. The van der Waals surface area contributed by atoms with E-state index in [0.717, 1.165) is 15.6 Å². The van der Waals surface area contributed by atoms with E-state index in [1.54, 1.807) is 6.07 Å². The lowest BCUT2D eigenvalue weighted by molar-refractivity contribution is 0.580. The minimum atomic E-state index is -0.180. The topological polar surface area (TPSA) is 12.0 Å². The Bertz CT molecular complexity index is 590. The highest BCUT2D eigenvalue weighted by atomic mass is 127. The Labute approximate surface area is 133 Å². The molecule has 2 aromatic carbocycles. The molecule has 0 aromatic heterocycles. The van der Waals surface area contributed by atoms with E-state index in [1.807, 2.05) is 13.1 Å². The summed E-state index contributed by atoms with van der Waals surface area (Å²) < 4.78 is 14.2. The molecule has 1 atom stereocenters. The van der Waals surface area contributed by atoms with Crippen LogP contribution in [-0.4, -0.2) is 7.05 Å². The molecule has 0 spiro atoms. The van der Waals surface area contributed by atoms with Crippen LogP contribution in [0, 0.1) is 23.2 Å². The number of hydrogen-bond donors (Lipinski definition) is 1. The van der Waals surface area contributed by atoms with Crippen LogP contribution in [0.2, 0.25) is 0 Å². The predicted molar refractivity (Wildman–Crippen MR) is 90.5 cm³/mol. The fourth-order valence-corrected chi connectivity index (χ4v) is 3.38. The summed E-state index contributed by atoms with van der Waals surface area (Å²) in [4.78, 5) is 0. The third-order valence-corrected chi connectivity index (χ3v) is 4.67. The van der Waals surface area contributed by atoms with Crippen LogP contribution in [0.5, 0.6) is 0 Å². The minimum Gasteiger partial charge on any atom is -0.313 e. The fourth-order valence-electron chi connectivity index (χ4n) is 2.53. The summed E-state index contributed by atoms with van der Waals surface area (Å²) in [6, 6.07) is 11.6. The van der Waals surface area contributed by atoms with Crippen molar-refractivity contribution in [3.05, 3.63) is 68.0 Å². The third kappa shape index (κ3) is 3.38. The van der Waals surface area contributed by atoms with E-state index in [2.05, 4.69) is 60.0 Å². The van der Waals surface area contributed by atoms with Crippen molar-refractivity contribution in [3.63, 3.8) is 0 Å². The molecule has 0 fully saturated rings. The zero-order valence-electron chi connectivity index (χ0n) is 12.0. The van der Waals surface area contributed by atoms with Gasteiger partial charge in [-0.05, 0) is 84.3 Å². The Balaban J connectivity index is 2.34. The average molecular weight is 383 g/mol. The van der Waals surface area contributed by atoms with Crippen LogP contribution in [0.25, 0.3) is 0 Å². The van der Waals surface area contributed by atoms with Crippen LogP contribution in [0.3, 0.4) is 0 Å². The van der Waals surface area contributed by atoms with Crippen LogP contribution in [-0.2, 0) is 6.42 Å². The van der Waals surface area contributed by atoms with Gasteiger partial charge in [-0.2, -0.15) is 0 Å². The number of rotatable bonds is 4. The van der Waals surface area contributed by atoms with Gasteiger partial charge in [0.2, 0.25) is 0 Å². The number of benzene rings is 2. The molecular weight excluding hydrogens is 364 g/mol. The molecule has 1 N–H and O–H groups in total. The van der Waals surface area contributed by atoms with Gasteiger partial charge in [-0.3, -0.25) is 0 Å². The Hall–Kier alpha value is -0.940. The molecule has 0 aliphatic heterocycles. The van der Waals surface area contributed by atoms with Crippen molar-refractivity contribution in [2.45, 2.75) is 26.3 Å². The van der Waals surface area contributed by atoms with E-state index in [9.17, 15) is 4.39 Å². The first-order valence-corrected chi connectivity index (χ1v) is 7.78. The van der Waals surface area contributed by atoms with Crippen molar-refractivity contribution in [3.8, 4) is 0 Å². The van der Waals surface area contributed by atoms with E-state index in [0.29, 0.717) is 0 Å². The third-order valence-electron chi connectivity index (χ3n) is 3.74. The molecule has 0 radical (unpaired) electrons. The molecule has 0 amide bonds. The Morgan fingerprint density at radius 1 is 1.15 bits per heavy atom. The molecular formula is C17H19FIN. The summed E-state index contributed by atoms with van der Waals surface area (Å²) in [5.41, 5.74) is 5.13. The lowest BCUT2D eigenvalue weighted by Crippen LogP contribution is -2.20. The van der Waals surface area contributed by atoms with Gasteiger partial charge in [-0.1, -0.05) is 24.3 Å². The molecule has 2 rings (SSSR count). The summed E-state index contributed by atoms with van der Waals surface area (Å²) >= 11 is 2.20. The van der Waals surface area contributed by atoms with Gasteiger partial charge in [0.05, 0.1) is 0 Å². The highest BCUT2D eigenvalue weighted by Gasteiger charge is 2.16. The van der Waals surface area contributed by atoms with Crippen LogP contribution in [0.1, 0.15) is 28.3 Å². The number of hydrogen-bond acceptors (Lipinski definition) is 1. The summed E-state index contributed by atoms with van der Waals surface area (Å²) in [5, 5.41) is 3.35. The van der Waals surface area contributed by atoms with Gasteiger partial charge in [0, 0.05) is 9.61 Å². The number of nitrogens with one attached hydrogen (secondary N) is 1. The van der Waals surface area contributed by atoms with Crippen molar-refractivity contribution in [2.75, 3.05) is 7.05 Å². The summed E-state index contributed by atoms with van der Waals surface area (Å²) in [7, 11) is 1.96. The second-order valence-corrected chi connectivity index (χ2v) is 6.24. The van der Waals surface area contributed by atoms with Crippen LogP contribution in [0.15, 0.2) is 36.4 Å². The lowest BCUT2D eigenvalue weighted by Gasteiger charge is -2.21. The first-order valence-electron chi connectivity index (χ1n) is 6.70. The second-order valence-electron chi connectivity index (χ2n) is 5.08. The van der Waals surface area contributed by atoms with Gasteiger partial charge in [-0.15, -0.1) is 0 Å². The molecule has 1 nitrogen and oxygen atoms in total. The smallest absolute Gasteiger partial charge is 0.124 e. The molecule has 0 saturated carbocycles. The fraction of sp³-hybridized carbons (Fsp3) is 0.294. The van der Waals surface area contributed by atoms with E-state index in [-0.39, 0.29) is 11.9 Å². The monoisotopic (exact) mass is 383 g/mol. The molecule has 0 heterocycles. The maximum Gasteiger partial charge on any atom is 0.124 e. The van der Waals surface area contributed by atoms with Gasteiger partial charge in [0.1, 0.15) is 5.82 Å². The predicted octanol–water partition coefficient (Wildman–Crippen LogP) is 4.55. The molecule has 20 heavy (non-hydrogen) atoms. The number of likely N-dealkylation sites (N-methyl/N-ethyl adjacent to an activating group) is 1. The SMILES string of the molecule is CNC(Cc1c(C)cccc1C)c1ccc(F)cc1I. The van der Waals surface area contributed by atoms with Gasteiger partial charge in [-0.25, -0.2) is 4.39 Å². The average Bonchev–Trinajstić information content (AvgIpc) is 2.40. The van der Waals surface area contributed by atoms with Crippen molar-refractivity contribution in [1.82, 2.24) is 5.32 Å². The summed E-state index contributed by atoms with van der Waals surface area (Å²) in [6.07, 6.45) is 0.913. The van der Waals surface area contributed by atoms with Crippen molar-refractivity contribution in [2.24, 2.45) is 0 Å². The summed E-state index contributed by atoms with van der Waals surface area (Å²) in [6.45, 7) is 4.29. The van der Waals surface area contributed by atoms with Crippen molar-refractivity contribution in [1.29, 1.82) is 0 Å². The second kappa shape index (κ2) is 6.68. The Kier molecular flexibility index (Phi) is 5.16. The van der Waals surface area contributed by atoms with Crippen LogP contribution >= 0.6 is 22.6 Å². The van der Waals surface area contributed by atoms with Crippen molar-refractivity contribution >= 4 is 22.6 Å². The minimum absolute atomic E-state index is 0.180. The van der Waals surface area contributed by atoms with Gasteiger partial charge >= 0.3 is 0 Å². The normalized spacial score (nSPS) is 12.4. The molecule has 1 unspecified atom stereocenters. The molecule has 0 saturated heterocycles. The zero-order chi connectivity index (χ0) is 14.7. The molecule has 2 aromatic rings. The van der Waals surface area contributed by atoms with Gasteiger partial charge in [0.25, 0.3) is 0 Å². The van der Waals surface area contributed by atoms with Gasteiger partial charge in [0.15, 0.2) is 0 Å². The largest absolute Gasteiger partial charge is 0.313 e. The number of aryl methyl sites for hydroxylation is 2. The number of halogens is 2. The van der Waals surface area contributed by atoms with Crippen molar-refractivity contribution < 1.29 is 4.39 Å². The van der Waals surface area contributed by atoms with Gasteiger partial charge < -0.3 is 5.32 Å². The molecule has 0 aliphatic carbocycles. The van der Waals surface area contributed by atoms with E-state index >= 15 is 0 Å². The maximum absolute atomic E-state index is 13.2. The molecule has 3 heteroatoms. The summed E-state index contributed by atoms with van der Waals surface area (Å²) in [5.74, 6) is -0.180. The van der Waals surface area contributed by atoms with E-state index < -0.39 is 0 Å².